The quantitative estimate of drug-likeness (QED) is 0.341. The second-order valence-corrected chi connectivity index (χ2v) is 8.89. The monoisotopic (exact) mass is 450 g/mol. The molecule has 172 valence electrons. The van der Waals surface area contributed by atoms with Gasteiger partial charge >= 0.3 is 0 Å². The Labute approximate surface area is 193 Å². The minimum atomic E-state index is -1.01. The second-order valence-electron chi connectivity index (χ2n) is 8.89. The van der Waals surface area contributed by atoms with Gasteiger partial charge in [0.25, 0.3) is 0 Å². The van der Waals surface area contributed by atoms with Crippen LogP contribution in [0.5, 0.6) is 5.75 Å². The van der Waals surface area contributed by atoms with E-state index in [-0.39, 0.29) is 23.7 Å². The molecule has 0 radical (unpaired) electrons. The predicted octanol–water partition coefficient (Wildman–Crippen LogP) is 8.69. The van der Waals surface area contributed by atoms with Gasteiger partial charge < -0.3 is 4.74 Å². The molecule has 0 amide bonds. The minimum Gasteiger partial charge on any atom is -0.486 e. The lowest BCUT2D eigenvalue weighted by atomic mass is 9.79. The summed E-state index contributed by atoms with van der Waals surface area (Å²) >= 11 is 0. The van der Waals surface area contributed by atoms with Gasteiger partial charge in [0, 0.05) is 11.1 Å². The summed E-state index contributed by atoms with van der Waals surface area (Å²) in [6.07, 6.45) is 8.08. The van der Waals surface area contributed by atoms with Crippen LogP contribution in [-0.4, -0.2) is 6.61 Å². The molecule has 0 N–H and O–H groups in total. The van der Waals surface area contributed by atoms with Crippen molar-refractivity contribution in [2.45, 2.75) is 45.4 Å². The van der Waals surface area contributed by atoms with Crippen molar-refractivity contribution in [3.05, 3.63) is 89.8 Å². The summed E-state index contributed by atoms with van der Waals surface area (Å²) in [5.74, 6) is -1.17. The Kier molecular flexibility index (Phi) is 7.22. The van der Waals surface area contributed by atoms with Crippen molar-refractivity contribution in [2.75, 3.05) is 6.61 Å². The summed E-state index contributed by atoms with van der Waals surface area (Å²) < 4.78 is 49.3. The molecule has 0 atom stereocenters. The van der Waals surface area contributed by atoms with E-state index in [1.807, 2.05) is 19.1 Å². The Balaban J connectivity index is 1.53. The Morgan fingerprint density at radius 1 is 0.818 bits per heavy atom. The molecule has 0 bridgehead atoms. The molecule has 1 nitrogen and oxygen atoms in total. The molecular weight excluding hydrogens is 421 g/mol. The van der Waals surface area contributed by atoms with Crippen LogP contribution in [0.15, 0.2) is 66.7 Å². The van der Waals surface area contributed by atoms with E-state index < -0.39 is 11.6 Å². The van der Waals surface area contributed by atoms with Gasteiger partial charge in [0.05, 0.1) is 0 Å². The number of hydrogen-bond acceptors (Lipinski definition) is 1. The molecule has 1 fully saturated rings. The maximum Gasteiger partial charge on any atom is 0.201 e. The summed E-state index contributed by atoms with van der Waals surface area (Å²) in [6, 6.07) is 15.3. The summed E-state index contributed by atoms with van der Waals surface area (Å²) in [4.78, 5) is 0. The van der Waals surface area contributed by atoms with Gasteiger partial charge in [0.1, 0.15) is 12.4 Å². The average Bonchev–Trinajstić information content (AvgIpc) is 2.83. The lowest BCUT2D eigenvalue weighted by Crippen LogP contribution is -2.11. The van der Waals surface area contributed by atoms with Crippen LogP contribution in [0.1, 0.15) is 51.0 Å². The number of allylic oxidation sites excluding steroid dienone is 1. The molecule has 1 saturated carbocycles. The fourth-order valence-corrected chi connectivity index (χ4v) is 4.54. The highest BCUT2D eigenvalue weighted by molar-refractivity contribution is 5.71. The van der Waals surface area contributed by atoms with E-state index in [0.29, 0.717) is 22.6 Å². The molecule has 0 spiro atoms. The van der Waals surface area contributed by atoms with Crippen LogP contribution in [0.4, 0.5) is 13.2 Å². The highest BCUT2D eigenvalue weighted by atomic mass is 19.2. The summed E-state index contributed by atoms with van der Waals surface area (Å²) in [6.45, 7) is 4.27. The number of benzene rings is 3. The van der Waals surface area contributed by atoms with Crippen LogP contribution in [0.3, 0.4) is 0 Å². The van der Waals surface area contributed by atoms with Crippen molar-refractivity contribution >= 4 is 0 Å². The highest BCUT2D eigenvalue weighted by Crippen LogP contribution is 2.37. The van der Waals surface area contributed by atoms with Gasteiger partial charge in [-0.3, -0.25) is 0 Å². The maximum atomic E-state index is 15.0. The molecule has 0 heterocycles. The van der Waals surface area contributed by atoms with Crippen molar-refractivity contribution in [2.24, 2.45) is 5.92 Å². The van der Waals surface area contributed by atoms with Crippen LogP contribution < -0.4 is 4.74 Å². The van der Waals surface area contributed by atoms with E-state index in [0.717, 1.165) is 24.3 Å². The van der Waals surface area contributed by atoms with E-state index >= 15 is 0 Å². The van der Waals surface area contributed by atoms with Gasteiger partial charge in [0.15, 0.2) is 11.6 Å². The Bertz CT molecular complexity index is 1130. The van der Waals surface area contributed by atoms with E-state index in [4.69, 9.17) is 4.74 Å². The van der Waals surface area contributed by atoms with Gasteiger partial charge in [-0.2, -0.15) is 4.39 Å². The molecule has 0 aromatic heterocycles. The SMILES string of the molecule is C/C=C/COc1ccc(-c2ccc(-c3ccc(C4CCC(C)CC4)cc3F)cc2)c(F)c1F. The molecule has 4 heteroatoms. The lowest BCUT2D eigenvalue weighted by Gasteiger charge is -2.26. The van der Waals surface area contributed by atoms with Crippen molar-refractivity contribution in [1.82, 2.24) is 0 Å². The van der Waals surface area contributed by atoms with Gasteiger partial charge in [-0.05, 0) is 66.5 Å². The topological polar surface area (TPSA) is 9.23 Å². The highest BCUT2D eigenvalue weighted by Gasteiger charge is 2.21. The lowest BCUT2D eigenvalue weighted by molar-refractivity contribution is 0.332. The third-order valence-corrected chi connectivity index (χ3v) is 6.60. The molecular formula is C29H29F3O. The first-order valence-electron chi connectivity index (χ1n) is 11.6. The van der Waals surface area contributed by atoms with Crippen molar-refractivity contribution in [3.8, 4) is 28.0 Å². The fourth-order valence-electron chi connectivity index (χ4n) is 4.54. The zero-order valence-electron chi connectivity index (χ0n) is 19.1. The molecule has 33 heavy (non-hydrogen) atoms. The van der Waals surface area contributed by atoms with Crippen LogP contribution in [-0.2, 0) is 0 Å². The van der Waals surface area contributed by atoms with E-state index in [1.165, 1.54) is 25.0 Å². The van der Waals surface area contributed by atoms with Gasteiger partial charge in [-0.25, -0.2) is 8.78 Å². The second kappa shape index (κ2) is 10.3. The van der Waals surface area contributed by atoms with E-state index in [9.17, 15) is 13.2 Å². The fraction of sp³-hybridized carbons (Fsp3) is 0.310. The molecule has 3 aromatic rings. The van der Waals surface area contributed by atoms with E-state index in [1.54, 1.807) is 42.5 Å². The third-order valence-electron chi connectivity index (χ3n) is 6.60. The van der Waals surface area contributed by atoms with Crippen LogP contribution >= 0.6 is 0 Å². The van der Waals surface area contributed by atoms with Crippen molar-refractivity contribution in [1.29, 1.82) is 0 Å². The molecule has 3 aromatic carbocycles. The Morgan fingerprint density at radius 2 is 1.45 bits per heavy atom. The first kappa shape index (κ1) is 23.2. The minimum absolute atomic E-state index is 0.124. The summed E-state index contributed by atoms with van der Waals surface area (Å²) in [7, 11) is 0. The number of ether oxygens (including phenoxy) is 1. The van der Waals surface area contributed by atoms with Crippen molar-refractivity contribution < 1.29 is 17.9 Å². The van der Waals surface area contributed by atoms with Gasteiger partial charge in [-0.1, -0.05) is 68.3 Å². The largest absolute Gasteiger partial charge is 0.486 e. The Morgan fingerprint density at radius 3 is 2.09 bits per heavy atom. The molecule has 0 aliphatic heterocycles. The zero-order chi connectivity index (χ0) is 23.4. The first-order valence-corrected chi connectivity index (χ1v) is 11.6. The Hall–Kier alpha value is -3.01. The van der Waals surface area contributed by atoms with Crippen molar-refractivity contribution in [3.63, 3.8) is 0 Å². The van der Waals surface area contributed by atoms with Gasteiger partial charge in [0.2, 0.25) is 5.82 Å². The molecule has 1 aliphatic rings. The number of rotatable bonds is 6. The molecule has 0 saturated heterocycles. The molecule has 1 aliphatic carbocycles. The van der Waals surface area contributed by atoms with Gasteiger partial charge in [-0.15, -0.1) is 0 Å². The maximum absolute atomic E-state index is 15.0. The zero-order valence-corrected chi connectivity index (χ0v) is 19.1. The van der Waals surface area contributed by atoms with Crippen LogP contribution in [0.2, 0.25) is 0 Å². The number of halogens is 3. The normalized spacial score (nSPS) is 18.6. The smallest absolute Gasteiger partial charge is 0.201 e. The van der Waals surface area contributed by atoms with Crippen LogP contribution in [0, 0.1) is 23.4 Å². The first-order chi connectivity index (χ1) is 16.0. The molecule has 0 unspecified atom stereocenters. The average molecular weight is 451 g/mol. The summed E-state index contributed by atoms with van der Waals surface area (Å²) in [5, 5.41) is 0. The third kappa shape index (κ3) is 5.16. The predicted molar refractivity (Wildman–Crippen MR) is 128 cm³/mol. The molecule has 4 rings (SSSR count). The number of hydrogen-bond donors (Lipinski definition) is 0. The summed E-state index contributed by atoms with van der Waals surface area (Å²) in [5.41, 5.74) is 2.93. The standard InChI is InChI=1S/C29H29F3O/c1-3-4-17-33-27-16-15-25(28(31)29(27)32)22-11-9-21(10-12-22)24-14-13-23(18-26(24)30)20-7-5-19(2)6-8-20/h3-4,9-16,18-20H,5-8,17H2,1-2H3/b4-3+. The van der Waals surface area contributed by atoms with Crippen LogP contribution in [0.25, 0.3) is 22.3 Å². The van der Waals surface area contributed by atoms with E-state index in [2.05, 4.69) is 6.92 Å².